The van der Waals surface area contributed by atoms with E-state index in [1.54, 1.807) is 0 Å². The van der Waals surface area contributed by atoms with Crippen molar-refractivity contribution in [3.05, 3.63) is 41.7 Å². The maximum atomic E-state index is 13.1. The maximum absolute atomic E-state index is 13.1. The number of anilines is 1. The van der Waals surface area contributed by atoms with Crippen molar-refractivity contribution in [1.82, 2.24) is 9.80 Å². The molecular formula is C23H32FN3O. The average molecular weight is 386 g/mol. The lowest BCUT2D eigenvalue weighted by Gasteiger charge is -2.44. The van der Waals surface area contributed by atoms with E-state index in [0.717, 1.165) is 64.2 Å². The van der Waals surface area contributed by atoms with Crippen molar-refractivity contribution in [3.63, 3.8) is 0 Å². The summed E-state index contributed by atoms with van der Waals surface area (Å²) in [5, 5.41) is 0. The van der Waals surface area contributed by atoms with Crippen molar-refractivity contribution >= 4 is 11.6 Å². The van der Waals surface area contributed by atoms with E-state index in [-0.39, 0.29) is 5.82 Å². The highest BCUT2D eigenvalue weighted by Gasteiger charge is 2.30. The van der Waals surface area contributed by atoms with Gasteiger partial charge < -0.3 is 9.80 Å². The first-order valence-corrected chi connectivity index (χ1v) is 10.9. The zero-order chi connectivity index (χ0) is 19.3. The summed E-state index contributed by atoms with van der Waals surface area (Å²) in [6, 6.07) is 7.29. The molecule has 0 unspecified atom stereocenters. The number of benzene rings is 1. The van der Waals surface area contributed by atoms with E-state index in [1.165, 1.54) is 37.0 Å². The Morgan fingerprint density at radius 2 is 1.79 bits per heavy atom. The van der Waals surface area contributed by atoms with Crippen LogP contribution >= 0.6 is 0 Å². The molecule has 2 aliphatic heterocycles. The first-order chi connectivity index (χ1) is 13.7. The number of piperidine rings is 1. The van der Waals surface area contributed by atoms with Gasteiger partial charge in [-0.25, -0.2) is 4.39 Å². The van der Waals surface area contributed by atoms with E-state index < -0.39 is 0 Å². The first kappa shape index (κ1) is 19.4. The highest BCUT2D eigenvalue weighted by atomic mass is 19.1. The van der Waals surface area contributed by atoms with E-state index in [9.17, 15) is 9.18 Å². The van der Waals surface area contributed by atoms with Gasteiger partial charge in [-0.2, -0.15) is 0 Å². The Hall–Kier alpha value is -1.88. The number of rotatable bonds is 4. The molecule has 0 N–H and O–H groups in total. The Balaban J connectivity index is 1.28. The van der Waals surface area contributed by atoms with Crippen LogP contribution in [0.2, 0.25) is 0 Å². The van der Waals surface area contributed by atoms with Crippen LogP contribution in [0.25, 0.3) is 0 Å². The lowest BCUT2D eigenvalue weighted by molar-refractivity contribution is -0.132. The Bertz CT molecular complexity index is 694. The van der Waals surface area contributed by atoms with E-state index in [2.05, 4.69) is 20.8 Å². The fourth-order valence-corrected chi connectivity index (χ4v) is 4.85. The molecule has 1 atom stereocenters. The molecule has 4 nitrogen and oxygen atoms in total. The minimum atomic E-state index is -0.182. The number of amides is 1. The van der Waals surface area contributed by atoms with Gasteiger partial charge in [0.2, 0.25) is 5.91 Å². The summed E-state index contributed by atoms with van der Waals surface area (Å²) in [4.78, 5) is 19.8. The van der Waals surface area contributed by atoms with Gasteiger partial charge in [0.25, 0.3) is 0 Å². The molecule has 0 aromatic heterocycles. The molecular weight excluding hydrogens is 353 g/mol. The largest absolute Gasteiger partial charge is 0.369 e. The Morgan fingerprint density at radius 1 is 1.00 bits per heavy atom. The van der Waals surface area contributed by atoms with Crippen LogP contribution in [0.15, 0.2) is 35.9 Å². The smallest absolute Gasteiger partial charge is 0.226 e. The molecule has 0 bridgehead atoms. The summed E-state index contributed by atoms with van der Waals surface area (Å²) in [5.74, 6) is 0.140. The van der Waals surface area contributed by atoms with Crippen molar-refractivity contribution < 1.29 is 9.18 Å². The van der Waals surface area contributed by atoms with Gasteiger partial charge in [-0.15, -0.1) is 0 Å². The fraction of sp³-hybridized carbons (Fsp3) is 0.609. The molecule has 5 heteroatoms. The monoisotopic (exact) mass is 385 g/mol. The third-order valence-corrected chi connectivity index (χ3v) is 6.53. The zero-order valence-electron chi connectivity index (χ0n) is 16.8. The molecule has 152 valence electrons. The number of allylic oxidation sites excluding steroid dienone is 1. The molecule has 3 aliphatic rings. The van der Waals surface area contributed by atoms with Crippen LogP contribution in [0.4, 0.5) is 10.1 Å². The molecule has 0 radical (unpaired) electrons. The van der Waals surface area contributed by atoms with Gasteiger partial charge in [-0.05, 0) is 62.8 Å². The first-order valence-electron chi connectivity index (χ1n) is 10.9. The number of likely N-dealkylation sites (tertiary alicyclic amines) is 1. The fourth-order valence-electron chi connectivity index (χ4n) is 4.85. The van der Waals surface area contributed by atoms with Gasteiger partial charge in [0.1, 0.15) is 5.82 Å². The zero-order valence-corrected chi connectivity index (χ0v) is 16.8. The second-order valence-electron chi connectivity index (χ2n) is 8.42. The van der Waals surface area contributed by atoms with Crippen LogP contribution in [0.1, 0.15) is 44.9 Å². The molecule has 2 saturated heterocycles. The van der Waals surface area contributed by atoms with Crippen LogP contribution in [0, 0.1) is 5.82 Å². The van der Waals surface area contributed by atoms with Gasteiger partial charge in [-0.3, -0.25) is 9.69 Å². The number of carbonyl (C=O) groups excluding carboxylic acids is 1. The van der Waals surface area contributed by atoms with Gasteiger partial charge in [0.15, 0.2) is 0 Å². The lowest BCUT2D eigenvalue weighted by Crippen LogP contribution is -2.55. The second kappa shape index (κ2) is 9.08. The third-order valence-electron chi connectivity index (χ3n) is 6.53. The lowest BCUT2D eigenvalue weighted by atomic mass is 9.96. The third kappa shape index (κ3) is 4.75. The highest BCUT2D eigenvalue weighted by Crippen LogP contribution is 2.24. The molecule has 0 saturated carbocycles. The summed E-state index contributed by atoms with van der Waals surface area (Å²) in [6.45, 7) is 5.73. The van der Waals surface area contributed by atoms with Gasteiger partial charge in [0, 0.05) is 57.4 Å². The van der Waals surface area contributed by atoms with Gasteiger partial charge in [0.05, 0.1) is 0 Å². The highest BCUT2D eigenvalue weighted by molar-refractivity contribution is 5.79. The summed E-state index contributed by atoms with van der Waals surface area (Å²) in [5.41, 5.74) is 2.45. The second-order valence-corrected chi connectivity index (χ2v) is 8.42. The van der Waals surface area contributed by atoms with Crippen molar-refractivity contribution in [2.45, 2.75) is 51.0 Å². The standard InChI is InChI=1S/C23H32FN3O/c24-20-8-10-21(11-9-20)25-13-15-26(16-14-25)22-7-4-12-27(18-22)23(28)17-19-5-2-1-3-6-19/h5,8-11,22H,1-4,6-7,12-18H2/t22-/m0/s1. The summed E-state index contributed by atoms with van der Waals surface area (Å²) in [6.07, 6.45) is 9.96. The predicted molar refractivity (Wildman–Crippen MR) is 111 cm³/mol. The molecule has 2 heterocycles. The van der Waals surface area contributed by atoms with Crippen molar-refractivity contribution in [3.8, 4) is 0 Å². The topological polar surface area (TPSA) is 26.8 Å². The molecule has 28 heavy (non-hydrogen) atoms. The van der Waals surface area contributed by atoms with E-state index >= 15 is 0 Å². The van der Waals surface area contributed by atoms with Crippen LogP contribution < -0.4 is 4.90 Å². The number of piperazine rings is 1. The SMILES string of the molecule is O=C(CC1=CCCCC1)N1CCC[C@H](N2CCN(c3ccc(F)cc3)CC2)C1. The maximum Gasteiger partial charge on any atom is 0.226 e. The van der Waals surface area contributed by atoms with Crippen molar-refractivity contribution in [2.75, 3.05) is 44.2 Å². The van der Waals surface area contributed by atoms with E-state index in [0.29, 0.717) is 18.4 Å². The molecule has 1 aromatic carbocycles. The van der Waals surface area contributed by atoms with Gasteiger partial charge >= 0.3 is 0 Å². The quantitative estimate of drug-likeness (QED) is 0.737. The summed E-state index contributed by atoms with van der Waals surface area (Å²) >= 11 is 0. The van der Waals surface area contributed by atoms with E-state index in [4.69, 9.17) is 0 Å². The molecule has 1 aromatic rings. The Kier molecular flexibility index (Phi) is 6.30. The van der Waals surface area contributed by atoms with Crippen LogP contribution in [-0.4, -0.2) is 61.0 Å². The molecule has 0 spiro atoms. The van der Waals surface area contributed by atoms with Crippen LogP contribution in [-0.2, 0) is 4.79 Å². The number of halogens is 1. The number of nitrogens with zero attached hydrogens (tertiary/aromatic N) is 3. The Morgan fingerprint density at radius 3 is 2.50 bits per heavy atom. The summed E-state index contributed by atoms with van der Waals surface area (Å²) in [7, 11) is 0. The molecule has 1 aliphatic carbocycles. The number of carbonyl (C=O) groups is 1. The summed E-state index contributed by atoms with van der Waals surface area (Å²) < 4.78 is 13.1. The number of hydrogen-bond acceptors (Lipinski definition) is 3. The molecule has 2 fully saturated rings. The molecule has 1 amide bonds. The molecule has 4 rings (SSSR count). The number of hydrogen-bond donors (Lipinski definition) is 0. The normalized spacial score (nSPS) is 24.2. The minimum absolute atomic E-state index is 0.182. The van der Waals surface area contributed by atoms with Crippen molar-refractivity contribution in [1.29, 1.82) is 0 Å². The van der Waals surface area contributed by atoms with Crippen LogP contribution in [0.5, 0.6) is 0 Å². The van der Waals surface area contributed by atoms with Crippen molar-refractivity contribution in [2.24, 2.45) is 0 Å². The Labute approximate surface area is 168 Å². The van der Waals surface area contributed by atoms with Crippen LogP contribution in [0.3, 0.4) is 0 Å². The average Bonchev–Trinajstić information content (AvgIpc) is 2.75. The van der Waals surface area contributed by atoms with E-state index in [1.807, 2.05) is 12.1 Å². The minimum Gasteiger partial charge on any atom is -0.369 e. The van der Waals surface area contributed by atoms with Gasteiger partial charge in [-0.1, -0.05) is 11.6 Å². The predicted octanol–water partition coefficient (Wildman–Crippen LogP) is 3.83.